The van der Waals surface area contributed by atoms with E-state index in [4.69, 9.17) is 0 Å². The van der Waals surface area contributed by atoms with Crippen molar-refractivity contribution in [1.29, 1.82) is 0 Å². The van der Waals surface area contributed by atoms with Crippen LogP contribution in [0.2, 0.25) is 0 Å². The van der Waals surface area contributed by atoms with E-state index in [0.717, 1.165) is 25.0 Å². The van der Waals surface area contributed by atoms with Gasteiger partial charge in [0, 0.05) is 18.9 Å². The van der Waals surface area contributed by atoms with Crippen molar-refractivity contribution in [2.75, 3.05) is 6.54 Å². The highest BCUT2D eigenvalue weighted by atomic mass is 16.2. The summed E-state index contributed by atoms with van der Waals surface area (Å²) >= 11 is 0. The molecule has 1 fully saturated rings. The fourth-order valence-corrected chi connectivity index (χ4v) is 3.20. The number of carbonyl (C=O) groups excluding carboxylic acids is 1. The van der Waals surface area contributed by atoms with Crippen molar-refractivity contribution in [3.8, 4) is 0 Å². The molecule has 0 bridgehead atoms. The Morgan fingerprint density at radius 3 is 3.00 bits per heavy atom. The van der Waals surface area contributed by atoms with Gasteiger partial charge >= 0.3 is 5.69 Å². The smallest absolute Gasteiger partial charge is 0.330 e. The van der Waals surface area contributed by atoms with Gasteiger partial charge in [0.25, 0.3) is 5.91 Å². The summed E-state index contributed by atoms with van der Waals surface area (Å²) in [5.41, 5.74) is 1.37. The van der Waals surface area contributed by atoms with E-state index >= 15 is 0 Å². The maximum Gasteiger partial charge on any atom is 0.347 e. The molecule has 2 N–H and O–H groups in total. The quantitative estimate of drug-likeness (QED) is 0.740. The molecular weight excluding hydrogens is 296 g/mol. The lowest BCUT2D eigenvalue weighted by molar-refractivity contribution is 0.0607. The molecule has 8 nitrogen and oxygen atoms in total. The van der Waals surface area contributed by atoms with Gasteiger partial charge in [-0.2, -0.15) is 10.2 Å². The number of likely N-dealkylation sites (tertiary alicyclic amines) is 1. The lowest BCUT2D eigenvalue weighted by atomic mass is 9.98. The van der Waals surface area contributed by atoms with Crippen molar-refractivity contribution in [2.45, 2.75) is 25.3 Å². The molecular formula is C15H16N6O2. The molecule has 8 heteroatoms. The lowest BCUT2D eigenvalue weighted by Gasteiger charge is -2.35. The zero-order chi connectivity index (χ0) is 15.8. The molecule has 3 aromatic heterocycles. The number of pyridine rings is 1. The third-order valence-corrected chi connectivity index (χ3v) is 4.32. The molecule has 1 aliphatic heterocycles. The van der Waals surface area contributed by atoms with Crippen LogP contribution in [-0.4, -0.2) is 42.1 Å². The van der Waals surface area contributed by atoms with Crippen molar-refractivity contribution in [3.63, 3.8) is 0 Å². The van der Waals surface area contributed by atoms with Gasteiger partial charge < -0.3 is 4.90 Å². The summed E-state index contributed by atoms with van der Waals surface area (Å²) in [6.07, 6.45) is 6.22. The maximum atomic E-state index is 13.1. The fourth-order valence-electron chi connectivity index (χ4n) is 3.20. The van der Waals surface area contributed by atoms with Gasteiger partial charge in [0.2, 0.25) is 0 Å². The standard InChI is InChI=1S/C15H16N6O2/c22-14(10-4-3-9-21-13(10)18-19-15(21)23)20-8-2-1-5-12(20)11-6-7-16-17-11/h3-4,6-7,9,12H,1-2,5,8H2,(H,16,17)(H,19,23). The van der Waals surface area contributed by atoms with Gasteiger partial charge in [0.15, 0.2) is 5.65 Å². The molecule has 23 heavy (non-hydrogen) atoms. The first-order valence-corrected chi connectivity index (χ1v) is 7.61. The number of carbonyl (C=O) groups is 1. The Morgan fingerprint density at radius 2 is 2.17 bits per heavy atom. The molecule has 0 aromatic carbocycles. The lowest BCUT2D eigenvalue weighted by Crippen LogP contribution is -2.39. The van der Waals surface area contributed by atoms with Crippen LogP contribution in [0.5, 0.6) is 0 Å². The Bertz CT molecular complexity index is 894. The molecule has 1 aliphatic rings. The summed E-state index contributed by atoms with van der Waals surface area (Å²) in [5, 5.41) is 13.3. The topological polar surface area (TPSA) is 99.1 Å². The van der Waals surface area contributed by atoms with Crippen molar-refractivity contribution < 1.29 is 4.79 Å². The Kier molecular flexibility index (Phi) is 3.22. The van der Waals surface area contributed by atoms with Gasteiger partial charge in [-0.05, 0) is 37.5 Å². The molecule has 4 heterocycles. The zero-order valence-corrected chi connectivity index (χ0v) is 12.4. The van der Waals surface area contributed by atoms with Crippen LogP contribution in [-0.2, 0) is 0 Å². The number of aromatic amines is 2. The van der Waals surface area contributed by atoms with Crippen LogP contribution in [0.15, 0.2) is 35.4 Å². The second kappa shape index (κ2) is 5.38. The van der Waals surface area contributed by atoms with Crippen LogP contribution in [0.25, 0.3) is 5.65 Å². The molecule has 0 radical (unpaired) electrons. The number of hydrogen-bond donors (Lipinski definition) is 2. The maximum absolute atomic E-state index is 13.1. The predicted molar refractivity (Wildman–Crippen MR) is 82.0 cm³/mol. The molecule has 118 valence electrons. The molecule has 1 saturated heterocycles. The average Bonchev–Trinajstić information content (AvgIpc) is 3.24. The van der Waals surface area contributed by atoms with E-state index in [1.807, 2.05) is 11.0 Å². The van der Waals surface area contributed by atoms with Gasteiger partial charge in [-0.1, -0.05) is 0 Å². The van der Waals surface area contributed by atoms with Crippen molar-refractivity contribution in [1.82, 2.24) is 29.7 Å². The number of hydrogen-bond acceptors (Lipinski definition) is 4. The van der Waals surface area contributed by atoms with Crippen LogP contribution < -0.4 is 5.69 Å². The molecule has 0 spiro atoms. The third-order valence-electron chi connectivity index (χ3n) is 4.32. The number of nitrogens with one attached hydrogen (secondary N) is 2. The van der Waals surface area contributed by atoms with E-state index in [1.165, 1.54) is 4.40 Å². The molecule has 4 rings (SSSR count). The van der Waals surface area contributed by atoms with Crippen LogP contribution in [0.4, 0.5) is 0 Å². The summed E-state index contributed by atoms with van der Waals surface area (Å²) in [7, 11) is 0. The van der Waals surface area contributed by atoms with Gasteiger partial charge in [-0.15, -0.1) is 0 Å². The number of rotatable bonds is 2. The molecule has 0 aliphatic carbocycles. The summed E-state index contributed by atoms with van der Waals surface area (Å²) in [4.78, 5) is 26.6. The van der Waals surface area contributed by atoms with Crippen LogP contribution >= 0.6 is 0 Å². The normalized spacial score (nSPS) is 18.4. The second-order valence-corrected chi connectivity index (χ2v) is 5.67. The Hall–Kier alpha value is -2.90. The first kappa shape index (κ1) is 13.7. The van der Waals surface area contributed by atoms with Crippen LogP contribution in [0.3, 0.4) is 0 Å². The van der Waals surface area contributed by atoms with Gasteiger partial charge in [-0.25, -0.2) is 14.3 Å². The molecule has 1 amide bonds. The zero-order valence-electron chi connectivity index (χ0n) is 12.4. The third kappa shape index (κ3) is 2.23. The summed E-state index contributed by atoms with van der Waals surface area (Å²) in [6.45, 7) is 0.679. The summed E-state index contributed by atoms with van der Waals surface area (Å²) in [6, 6.07) is 5.27. The van der Waals surface area contributed by atoms with E-state index in [2.05, 4.69) is 20.4 Å². The number of nitrogens with zero attached hydrogens (tertiary/aromatic N) is 4. The SMILES string of the molecule is O=C(c1cccn2c(=O)[nH]nc12)N1CCCCC1c1ccn[nH]1. The van der Waals surface area contributed by atoms with Crippen LogP contribution in [0, 0.1) is 0 Å². The molecule has 1 unspecified atom stereocenters. The van der Waals surface area contributed by atoms with E-state index in [-0.39, 0.29) is 17.6 Å². The number of amides is 1. The highest BCUT2D eigenvalue weighted by Crippen LogP contribution is 2.31. The summed E-state index contributed by atoms with van der Waals surface area (Å²) < 4.78 is 1.35. The first-order chi connectivity index (χ1) is 11.3. The monoisotopic (exact) mass is 312 g/mol. The van der Waals surface area contributed by atoms with Crippen molar-refractivity contribution in [3.05, 3.63) is 52.3 Å². The van der Waals surface area contributed by atoms with E-state index < -0.39 is 0 Å². The average molecular weight is 312 g/mol. The molecule has 1 atom stereocenters. The molecule has 0 saturated carbocycles. The predicted octanol–water partition coefficient (Wildman–Crippen LogP) is 1.11. The van der Waals surface area contributed by atoms with E-state index in [0.29, 0.717) is 17.8 Å². The highest BCUT2D eigenvalue weighted by Gasteiger charge is 2.30. The number of H-pyrrole nitrogens is 2. The largest absolute Gasteiger partial charge is 0.347 e. The minimum Gasteiger partial charge on any atom is -0.330 e. The Labute approximate surface area is 131 Å². The van der Waals surface area contributed by atoms with Gasteiger partial charge in [0.05, 0.1) is 17.3 Å². The summed E-state index contributed by atoms with van der Waals surface area (Å²) in [5.74, 6) is -0.117. The van der Waals surface area contributed by atoms with Crippen LogP contribution in [0.1, 0.15) is 41.4 Å². The minimum atomic E-state index is -0.349. The van der Waals surface area contributed by atoms with Crippen molar-refractivity contribution in [2.24, 2.45) is 0 Å². The molecule has 3 aromatic rings. The van der Waals surface area contributed by atoms with E-state index in [9.17, 15) is 9.59 Å². The van der Waals surface area contributed by atoms with E-state index in [1.54, 1.807) is 24.5 Å². The number of piperidine rings is 1. The van der Waals surface area contributed by atoms with Gasteiger partial charge in [0.1, 0.15) is 0 Å². The number of fused-ring (bicyclic) bond motifs is 1. The highest BCUT2D eigenvalue weighted by molar-refractivity contribution is 5.99. The number of aromatic nitrogens is 5. The fraction of sp³-hybridized carbons (Fsp3) is 0.333. The Balaban J connectivity index is 1.75. The van der Waals surface area contributed by atoms with Crippen molar-refractivity contribution >= 4 is 11.6 Å². The first-order valence-electron chi connectivity index (χ1n) is 7.61. The Morgan fingerprint density at radius 1 is 1.26 bits per heavy atom. The second-order valence-electron chi connectivity index (χ2n) is 5.67. The van der Waals surface area contributed by atoms with Gasteiger partial charge in [-0.3, -0.25) is 9.89 Å². The minimum absolute atomic E-state index is 0.0235.